The van der Waals surface area contributed by atoms with Gasteiger partial charge in [-0.15, -0.1) is 0 Å². The lowest BCUT2D eigenvalue weighted by Gasteiger charge is -2.56. The second kappa shape index (κ2) is 7.71. The van der Waals surface area contributed by atoms with Crippen molar-refractivity contribution in [2.75, 3.05) is 11.9 Å². The molecule has 1 aromatic carbocycles. The standard InChI is InChI=1S/C25H28F4N4O/c26-18-3-1-17(2-4-18)20-8-21(25(27,28)29)33-22(32-20)19(12-31-33)23(34)30-13-24-9-14-5-15(10-24)7-16(6-14)11-24/h1-4,12,14-16,20-21,32H,5-11,13H2,(H,30,34)/t14?,15?,16?,20-,21-,24?/m1/s1. The van der Waals surface area contributed by atoms with Crippen LogP contribution < -0.4 is 10.6 Å². The van der Waals surface area contributed by atoms with E-state index in [0.717, 1.165) is 41.7 Å². The van der Waals surface area contributed by atoms with Gasteiger partial charge in [-0.1, -0.05) is 12.1 Å². The first-order valence-corrected chi connectivity index (χ1v) is 12.1. The number of anilines is 1. The van der Waals surface area contributed by atoms with Crippen molar-refractivity contribution in [3.8, 4) is 0 Å². The van der Waals surface area contributed by atoms with E-state index >= 15 is 0 Å². The van der Waals surface area contributed by atoms with Gasteiger partial charge in [0, 0.05) is 13.0 Å². The maximum absolute atomic E-state index is 13.9. The SMILES string of the molecule is O=C(NCC12CC3CC(CC(C3)C1)C2)c1cnn2c1N[C@@H](c1ccc(F)cc1)C[C@@H]2C(F)(F)F. The van der Waals surface area contributed by atoms with Gasteiger partial charge in [0.05, 0.1) is 12.2 Å². The number of hydrogen-bond donors (Lipinski definition) is 2. The highest BCUT2D eigenvalue weighted by Gasteiger charge is 2.51. The lowest BCUT2D eigenvalue weighted by atomic mass is 9.49. The van der Waals surface area contributed by atoms with Crippen molar-refractivity contribution in [2.45, 2.75) is 63.2 Å². The Bertz CT molecular complexity index is 1060. The molecule has 0 unspecified atom stereocenters. The molecule has 4 fully saturated rings. The fraction of sp³-hybridized carbons (Fsp3) is 0.600. The van der Waals surface area contributed by atoms with E-state index < -0.39 is 30.0 Å². The van der Waals surface area contributed by atoms with Crippen LogP contribution in [0.2, 0.25) is 0 Å². The summed E-state index contributed by atoms with van der Waals surface area (Å²) in [5, 5.41) is 10.1. The molecule has 34 heavy (non-hydrogen) atoms. The van der Waals surface area contributed by atoms with E-state index in [4.69, 9.17) is 0 Å². The summed E-state index contributed by atoms with van der Waals surface area (Å²) in [4.78, 5) is 13.2. The molecule has 1 aliphatic heterocycles. The molecule has 1 amide bonds. The van der Waals surface area contributed by atoms with Crippen molar-refractivity contribution in [2.24, 2.45) is 23.2 Å². The minimum atomic E-state index is -4.53. The molecule has 4 bridgehead atoms. The maximum Gasteiger partial charge on any atom is 0.410 e. The molecule has 5 nitrogen and oxygen atoms in total. The smallest absolute Gasteiger partial charge is 0.363 e. The van der Waals surface area contributed by atoms with Gasteiger partial charge in [-0.05, 0) is 79.4 Å². The second-order valence-corrected chi connectivity index (χ2v) is 11.0. The van der Waals surface area contributed by atoms with Crippen LogP contribution in [0.25, 0.3) is 0 Å². The number of carbonyl (C=O) groups is 1. The third-order valence-electron chi connectivity index (χ3n) is 8.54. The zero-order chi connectivity index (χ0) is 23.7. The number of amides is 1. The van der Waals surface area contributed by atoms with Gasteiger partial charge >= 0.3 is 6.18 Å². The van der Waals surface area contributed by atoms with Gasteiger partial charge in [0.25, 0.3) is 5.91 Å². The monoisotopic (exact) mass is 476 g/mol. The second-order valence-electron chi connectivity index (χ2n) is 11.0. The summed E-state index contributed by atoms with van der Waals surface area (Å²) in [5.41, 5.74) is 0.768. The molecule has 4 aliphatic carbocycles. The van der Waals surface area contributed by atoms with E-state index in [1.165, 1.54) is 49.7 Å². The van der Waals surface area contributed by atoms with E-state index in [-0.39, 0.29) is 23.2 Å². The van der Waals surface area contributed by atoms with Gasteiger partial charge in [0.2, 0.25) is 0 Å². The van der Waals surface area contributed by atoms with Gasteiger partial charge in [0.1, 0.15) is 17.2 Å². The molecule has 7 rings (SSSR count). The molecule has 2 N–H and O–H groups in total. The molecular weight excluding hydrogens is 448 g/mol. The Kier molecular flexibility index (Phi) is 4.97. The third-order valence-corrected chi connectivity index (χ3v) is 8.54. The van der Waals surface area contributed by atoms with Crippen LogP contribution in [0.5, 0.6) is 0 Å². The molecule has 4 saturated carbocycles. The Morgan fingerprint density at radius 3 is 2.26 bits per heavy atom. The van der Waals surface area contributed by atoms with Crippen molar-refractivity contribution < 1.29 is 22.4 Å². The number of aromatic nitrogens is 2. The molecule has 182 valence electrons. The summed E-state index contributed by atoms with van der Waals surface area (Å²) in [5.74, 6) is 1.45. The highest BCUT2D eigenvalue weighted by Crippen LogP contribution is 2.59. The predicted molar refractivity (Wildman–Crippen MR) is 118 cm³/mol. The van der Waals surface area contributed by atoms with Crippen LogP contribution in [-0.4, -0.2) is 28.4 Å². The molecule has 2 atom stereocenters. The molecule has 9 heteroatoms. The number of alkyl halides is 3. The minimum Gasteiger partial charge on any atom is -0.363 e. The number of carbonyl (C=O) groups excluding carboxylic acids is 1. The minimum absolute atomic E-state index is 0.0610. The number of rotatable bonds is 4. The lowest BCUT2D eigenvalue weighted by molar-refractivity contribution is -0.173. The van der Waals surface area contributed by atoms with Gasteiger partial charge in [-0.3, -0.25) is 4.79 Å². The Labute approximate surface area is 195 Å². The highest BCUT2D eigenvalue weighted by molar-refractivity contribution is 5.99. The first kappa shape index (κ1) is 21.9. The summed E-state index contributed by atoms with van der Waals surface area (Å²) in [7, 11) is 0. The topological polar surface area (TPSA) is 59.0 Å². The van der Waals surface area contributed by atoms with E-state index in [0.29, 0.717) is 12.1 Å². The molecule has 0 radical (unpaired) electrons. The molecule has 0 spiro atoms. The van der Waals surface area contributed by atoms with Gasteiger partial charge in [-0.2, -0.15) is 18.3 Å². The van der Waals surface area contributed by atoms with E-state index in [1.54, 1.807) is 0 Å². The van der Waals surface area contributed by atoms with Crippen molar-refractivity contribution in [3.63, 3.8) is 0 Å². The summed E-state index contributed by atoms with van der Waals surface area (Å²) in [6.07, 6.45) is 3.70. The number of benzene rings is 1. The quantitative estimate of drug-likeness (QED) is 0.563. The van der Waals surface area contributed by atoms with Crippen molar-refractivity contribution >= 4 is 11.7 Å². The number of nitrogens with one attached hydrogen (secondary N) is 2. The zero-order valence-corrected chi connectivity index (χ0v) is 18.7. The number of nitrogens with zero attached hydrogens (tertiary/aromatic N) is 2. The van der Waals surface area contributed by atoms with Gasteiger partial charge < -0.3 is 10.6 Å². The predicted octanol–water partition coefficient (Wildman–Crippen LogP) is 5.63. The van der Waals surface area contributed by atoms with E-state index in [1.807, 2.05) is 0 Å². The average molecular weight is 477 g/mol. The molecule has 2 aromatic rings. The molecular formula is C25H28F4N4O. The normalized spacial score (nSPS) is 33.9. The molecule has 0 saturated heterocycles. The Morgan fingerprint density at radius 1 is 1.06 bits per heavy atom. The highest BCUT2D eigenvalue weighted by atomic mass is 19.4. The van der Waals surface area contributed by atoms with Crippen LogP contribution in [0.4, 0.5) is 23.4 Å². The fourth-order valence-corrected chi connectivity index (χ4v) is 7.51. The van der Waals surface area contributed by atoms with Crippen LogP contribution >= 0.6 is 0 Å². The van der Waals surface area contributed by atoms with Crippen LogP contribution in [0.1, 0.15) is 73.0 Å². The molecule has 1 aromatic heterocycles. The maximum atomic E-state index is 13.9. The summed E-state index contributed by atoms with van der Waals surface area (Å²) in [6.45, 7) is 0.560. The van der Waals surface area contributed by atoms with Gasteiger partial charge in [0.15, 0.2) is 6.04 Å². The summed E-state index contributed by atoms with van der Waals surface area (Å²) < 4.78 is 56.0. The first-order valence-electron chi connectivity index (χ1n) is 12.1. The number of halogens is 4. The van der Waals surface area contributed by atoms with Crippen LogP contribution in [0.3, 0.4) is 0 Å². The van der Waals surface area contributed by atoms with E-state index in [9.17, 15) is 22.4 Å². The van der Waals surface area contributed by atoms with Crippen molar-refractivity contribution in [1.82, 2.24) is 15.1 Å². The van der Waals surface area contributed by atoms with E-state index in [2.05, 4.69) is 15.7 Å². The Balaban J connectivity index is 1.24. The van der Waals surface area contributed by atoms with Crippen LogP contribution in [0.15, 0.2) is 30.5 Å². The van der Waals surface area contributed by atoms with Crippen molar-refractivity contribution in [1.29, 1.82) is 0 Å². The lowest BCUT2D eigenvalue weighted by Crippen LogP contribution is -2.51. The Morgan fingerprint density at radius 2 is 1.68 bits per heavy atom. The third kappa shape index (κ3) is 3.77. The Hall–Kier alpha value is -2.58. The van der Waals surface area contributed by atoms with Crippen LogP contribution in [0, 0.1) is 29.0 Å². The largest absolute Gasteiger partial charge is 0.410 e. The number of hydrogen-bond acceptors (Lipinski definition) is 3. The summed E-state index contributed by atoms with van der Waals surface area (Å²) in [6, 6.07) is 2.81. The molecule has 2 heterocycles. The van der Waals surface area contributed by atoms with Gasteiger partial charge in [-0.25, -0.2) is 9.07 Å². The molecule has 5 aliphatic rings. The van der Waals surface area contributed by atoms with Crippen LogP contribution in [-0.2, 0) is 0 Å². The fourth-order valence-electron chi connectivity index (χ4n) is 7.51. The van der Waals surface area contributed by atoms with Crippen molar-refractivity contribution in [3.05, 3.63) is 47.4 Å². The number of fused-ring (bicyclic) bond motifs is 1. The summed E-state index contributed by atoms with van der Waals surface area (Å²) >= 11 is 0. The first-order chi connectivity index (χ1) is 16.2. The average Bonchev–Trinajstić information content (AvgIpc) is 3.20. The zero-order valence-electron chi connectivity index (χ0n) is 18.7.